The van der Waals surface area contributed by atoms with Crippen molar-refractivity contribution in [2.75, 3.05) is 20.1 Å². The number of hydrogen-bond donors (Lipinski definition) is 2. The van der Waals surface area contributed by atoms with Gasteiger partial charge in [0, 0.05) is 11.9 Å². The lowest BCUT2D eigenvalue weighted by molar-refractivity contribution is -0.120. The minimum absolute atomic E-state index is 0. The zero-order chi connectivity index (χ0) is 14.4. The molecule has 1 amide bonds. The number of nitrogens with zero attached hydrogens (tertiary/aromatic N) is 1. The summed E-state index contributed by atoms with van der Waals surface area (Å²) in [7, 11) is 1.90. The Labute approximate surface area is 155 Å². The second-order valence-electron chi connectivity index (χ2n) is 4.23. The van der Waals surface area contributed by atoms with E-state index in [-0.39, 0.29) is 30.7 Å². The van der Waals surface area contributed by atoms with Crippen molar-refractivity contribution in [2.24, 2.45) is 0 Å². The number of thiazole rings is 1. The Morgan fingerprint density at radius 2 is 2.09 bits per heavy atom. The summed E-state index contributed by atoms with van der Waals surface area (Å²) in [6.45, 7) is 1.59. The first-order valence-corrected chi connectivity index (χ1v) is 8.38. The first kappa shape index (κ1) is 21.6. The first-order chi connectivity index (χ1) is 9.69. The molecule has 2 N–H and O–H groups in total. The Hall–Kier alpha value is -0.370. The Kier molecular flexibility index (Phi) is 11.0. The molecule has 0 saturated heterocycles. The topological polar surface area (TPSA) is 54.0 Å². The van der Waals surface area contributed by atoms with Crippen LogP contribution in [-0.4, -0.2) is 31.0 Å². The van der Waals surface area contributed by atoms with Crippen LogP contribution in [0.2, 0.25) is 4.34 Å². The van der Waals surface area contributed by atoms with E-state index in [0.29, 0.717) is 13.0 Å². The van der Waals surface area contributed by atoms with E-state index in [1.165, 1.54) is 11.3 Å². The van der Waals surface area contributed by atoms with Crippen LogP contribution in [0, 0.1) is 0 Å². The number of amides is 1. The summed E-state index contributed by atoms with van der Waals surface area (Å²) in [4.78, 5) is 17.3. The standard InChI is InChI=1S/C13H16ClN3OS2.2ClH/c1-15-5-2-6-16-12(18)7-9-8-19-13(17-9)10-3-4-11(14)20-10;;/h3-4,8,15H,2,5-7H2,1H3,(H,16,18);2*1H. The van der Waals surface area contributed by atoms with E-state index in [0.717, 1.165) is 32.9 Å². The summed E-state index contributed by atoms with van der Waals surface area (Å²) in [5.41, 5.74) is 0.806. The predicted molar refractivity (Wildman–Crippen MR) is 100 cm³/mol. The highest BCUT2D eigenvalue weighted by Crippen LogP contribution is 2.32. The molecule has 0 aliphatic heterocycles. The van der Waals surface area contributed by atoms with E-state index in [4.69, 9.17) is 11.6 Å². The summed E-state index contributed by atoms with van der Waals surface area (Å²) >= 11 is 8.95. The van der Waals surface area contributed by atoms with Gasteiger partial charge in [-0.3, -0.25) is 4.79 Å². The van der Waals surface area contributed by atoms with Crippen molar-refractivity contribution in [3.05, 3.63) is 27.5 Å². The van der Waals surface area contributed by atoms with Gasteiger partial charge >= 0.3 is 0 Å². The number of rotatable bonds is 7. The van der Waals surface area contributed by atoms with Gasteiger partial charge in [0.05, 0.1) is 21.3 Å². The lowest BCUT2D eigenvalue weighted by atomic mass is 10.3. The van der Waals surface area contributed by atoms with Gasteiger partial charge in [0.2, 0.25) is 5.91 Å². The highest BCUT2D eigenvalue weighted by atomic mass is 35.5. The average molecular weight is 403 g/mol. The molecule has 2 heterocycles. The first-order valence-electron chi connectivity index (χ1n) is 6.30. The fraction of sp³-hybridized carbons (Fsp3) is 0.385. The maximum Gasteiger partial charge on any atom is 0.226 e. The monoisotopic (exact) mass is 401 g/mol. The number of halogens is 3. The molecular weight excluding hydrogens is 385 g/mol. The van der Waals surface area contributed by atoms with Crippen LogP contribution in [0.4, 0.5) is 0 Å². The Bertz CT molecular complexity index is 574. The molecule has 0 radical (unpaired) electrons. The van der Waals surface area contributed by atoms with Gasteiger partial charge in [0.25, 0.3) is 0 Å². The molecule has 2 aromatic rings. The van der Waals surface area contributed by atoms with E-state index in [9.17, 15) is 4.79 Å². The molecule has 0 unspecified atom stereocenters. The van der Waals surface area contributed by atoms with E-state index in [2.05, 4.69) is 15.6 Å². The van der Waals surface area contributed by atoms with E-state index in [1.54, 1.807) is 11.3 Å². The van der Waals surface area contributed by atoms with Crippen molar-refractivity contribution in [1.82, 2.24) is 15.6 Å². The molecular formula is C13H18Cl3N3OS2. The molecule has 0 aliphatic carbocycles. The van der Waals surface area contributed by atoms with Gasteiger partial charge in [0.15, 0.2) is 0 Å². The van der Waals surface area contributed by atoms with Gasteiger partial charge in [0.1, 0.15) is 5.01 Å². The molecule has 0 atom stereocenters. The number of aromatic nitrogens is 1. The maximum atomic E-state index is 11.7. The summed E-state index contributed by atoms with van der Waals surface area (Å²) in [6, 6.07) is 3.81. The molecule has 2 aromatic heterocycles. The third-order valence-electron chi connectivity index (χ3n) is 2.60. The minimum Gasteiger partial charge on any atom is -0.356 e. The summed E-state index contributed by atoms with van der Waals surface area (Å²) in [6.07, 6.45) is 1.26. The van der Waals surface area contributed by atoms with Crippen molar-refractivity contribution in [3.63, 3.8) is 0 Å². The van der Waals surface area contributed by atoms with Crippen molar-refractivity contribution in [1.29, 1.82) is 0 Å². The molecule has 0 aromatic carbocycles. The third-order valence-corrected chi connectivity index (χ3v) is 4.89. The van der Waals surface area contributed by atoms with Crippen LogP contribution in [0.1, 0.15) is 12.1 Å². The number of nitrogens with one attached hydrogen (secondary N) is 2. The maximum absolute atomic E-state index is 11.7. The van der Waals surface area contributed by atoms with E-state index >= 15 is 0 Å². The molecule has 0 saturated carbocycles. The highest BCUT2D eigenvalue weighted by Gasteiger charge is 2.10. The van der Waals surface area contributed by atoms with Crippen molar-refractivity contribution in [2.45, 2.75) is 12.8 Å². The molecule has 124 valence electrons. The van der Waals surface area contributed by atoms with Crippen LogP contribution in [0.5, 0.6) is 0 Å². The zero-order valence-electron chi connectivity index (χ0n) is 11.9. The van der Waals surface area contributed by atoms with Gasteiger partial charge in [-0.15, -0.1) is 47.5 Å². The largest absolute Gasteiger partial charge is 0.356 e. The summed E-state index contributed by atoms with van der Waals surface area (Å²) in [5, 5.41) is 8.77. The molecule has 0 fully saturated rings. The fourth-order valence-electron chi connectivity index (χ4n) is 1.65. The normalized spacial score (nSPS) is 9.73. The lowest BCUT2D eigenvalue weighted by Gasteiger charge is -2.03. The summed E-state index contributed by atoms with van der Waals surface area (Å²) in [5.74, 6) is 0.0159. The average Bonchev–Trinajstić information content (AvgIpc) is 3.04. The Morgan fingerprint density at radius 3 is 2.73 bits per heavy atom. The molecule has 0 spiro atoms. The quantitative estimate of drug-likeness (QED) is 0.695. The number of carbonyl (C=O) groups is 1. The molecule has 0 aliphatic rings. The number of carbonyl (C=O) groups excluding carboxylic acids is 1. The smallest absolute Gasteiger partial charge is 0.226 e. The van der Waals surface area contributed by atoms with Crippen molar-refractivity contribution in [3.8, 4) is 9.88 Å². The molecule has 9 heteroatoms. The van der Waals surface area contributed by atoms with Crippen molar-refractivity contribution >= 4 is 65.0 Å². The van der Waals surface area contributed by atoms with Gasteiger partial charge in [-0.25, -0.2) is 4.98 Å². The zero-order valence-corrected chi connectivity index (χ0v) is 15.9. The second-order valence-corrected chi connectivity index (χ2v) is 6.80. The van der Waals surface area contributed by atoms with E-state index in [1.807, 2.05) is 24.6 Å². The summed E-state index contributed by atoms with van der Waals surface area (Å²) < 4.78 is 0.749. The molecule has 0 bridgehead atoms. The lowest BCUT2D eigenvalue weighted by Crippen LogP contribution is -2.28. The SMILES string of the molecule is CNCCCNC(=O)Cc1csc(-c2ccc(Cl)s2)n1.Cl.Cl. The van der Waals surface area contributed by atoms with Crippen molar-refractivity contribution < 1.29 is 4.79 Å². The van der Waals surface area contributed by atoms with Crippen LogP contribution >= 0.6 is 59.1 Å². The minimum atomic E-state index is 0. The van der Waals surface area contributed by atoms with Crippen LogP contribution in [0.25, 0.3) is 9.88 Å². The number of hydrogen-bond acceptors (Lipinski definition) is 5. The predicted octanol–water partition coefficient (Wildman–Crippen LogP) is 3.64. The van der Waals surface area contributed by atoms with Gasteiger partial charge < -0.3 is 10.6 Å². The highest BCUT2D eigenvalue weighted by molar-refractivity contribution is 7.23. The molecule has 4 nitrogen and oxygen atoms in total. The number of thiophene rings is 1. The Balaban J connectivity index is 0.00000220. The van der Waals surface area contributed by atoms with Crippen LogP contribution in [0.15, 0.2) is 17.5 Å². The second kappa shape index (κ2) is 11.2. The Morgan fingerprint density at radius 1 is 1.32 bits per heavy atom. The third kappa shape index (κ3) is 6.81. The van der Waals surface area contributed by atoms with Gasteiger partial charge in [-0.2, -0.15) is 0 Å². The van der Waals surface area contributed by atoms with Crippen LogP contribution in [-0.2, 0) is 11.2 Å². The van der Waals surface area contributed by atoms with Gasteiger partial charge in [-0.1, -0.05) is 11.6 Å². The van der Waals surface area contributed by atoms with E-state index < -0.39 is 0 Å². The van der Waals surface area contributed by atoms with Crippen LogP contribution < -0.4 is 10.6 Å². The van der Waals surface area contributed by atoms with Gasteiger partial charge in [-0.05, 0) is 32.1 Å². The fourth-order valence-corrected chi connectivity index (χ4v) is 3.59. The van der Waals surface area contributed by atoms with Crippen LogP contribution in [0.3, 0.4) is 0 Å². The molecule has 2 rings (SSSR count). The molecule has 22 heavy (non-hydrogen) atoms.